The number of aryl methyl sites for hydroxylation is 1. The lowest BCUT2D eigenvalue weighted by molar-refractivity contribution is 0.0951. The molecule has 1 atom stereocenters. The lowest BCUT2D eigenvalue weighted by atomic mass is 10.0. The number of carbonyl (C=O) groups excluding carboxylic acids is 1. The molecule has 1 rings (SSSR count). The first kappa shape index (κ1) is 12.9. The molecule has 2 heteroatoms. The van der Waals surface area contributed by atoms with E-state index in [0.29, 0.717) is 0 Å². The minimum atomic E-state index is -0.0887. The molecule has 0 aliphatic carbocycles. The van der Waals surface area contributed by atoms with Crippen LogP contribution in [0.1, 0.15) is 42.6 Å². The fraction of sp³-hybridized carbons (Fsp3) is 0.500. The molecule has 0 aliphatic rings. The van der Waals surface area contributed by atoms with E-state index in [4.69, 9.17) is 0 Å². The number of Topliss-reactive ketones (excluding diaryl/α,β-unsaturated/α-hetero) is 1. The van der Waals surface area contributed by atoms with Crippen molar-refractivity contribution >= 4 is 5.78 Å². The van der Waals surface area contributed by atoms with Crippen LogP contribution in [-0.4, -0.2) is 18.4 Å². The van der Waals surface area contributed by atoms with Gasteiger partial charge in [0, 0.05) is 5.56 Å². The Bertz CT molecular complexity index is 329. The summed E-state index contributed by atoms with van der Waals surface area (Å²) in [5, 5.41) is 3.25. The van der Waals surface area contributed by atoms with E-state index in [1.165, 1.54) is 5.56 Å². The van der Waals surface area contributed by atoms with Crippen LogP contribution >= 0.6 is 0 Å². The van der Waals surface area contributed by atoms with Gasteiger partial charge in [-0.25, -0.2) is 0 Å². The summed E-state index contributed by atoms with van der Waals surface area (Å²) in [7, 11) is 0. The first-order valence-electron chi connectivity index (χ1n) is 5.99. The van der Waals surface area contributed by atoms with Crippen LogP contribution in [-0.2, 0) is 0 Å². The first-order valence-corrected chi connectivity index (χ1v) is 5.99. The van der Waals surface area contributed by atoms with Crippen LogP contribution in [0.15, 0.2) is 24.3 Å². The van der Waals surface area contributed by atoms with Gasteiger partial charge in [0.2, 0.25) is 0 Å². The van der Waals surface area contributed by atoms with Gasteiger partial charge in [-0.15, -0.1) is 0 Å². The molecule has 88 valence electrons. The quantitative estimate of drug-likeness (QED) is 0.588. The number of ketones is 1. The third-order valence-electron chi connectivity index (χ3n) is 2.71. The summed E-state index contributed by atoms with van der Waals surface area (Å²) in [4.78, 5) is 12.0. The second-order valence-electron chi connectivity index (χ2n) is 4.26. The second kappa shape index (κ2) is 6.44. The van der Waals surface area contributed by atoms with Crippen LogP contribution in [0.3, 0.4) is 0 Å². The topological polar surface area (TPSA) is 29.1 Å². The number of hydrogen-bond acceptors (Lipinski definition) is 2. The van der Waals surface area contributed by atoms with Crippen molar-refractivity contribution in [2.45, 2.75) is 39.7 Å². The Labute approximate surface area is 98.1 Å². The molecule has 0 bridgehead atoms. The van der Waals surface area contributed by atoms with Gasteiger partial charge in [-0.1, -0.05) is 43.2 Å². The summed E-state index contributed by atoms with van der Waals surface area (Å²) in [6, 6.07) is 7.66. The van der Waals surface area contributed by atoms with Gasteiger partial charge in [-0.05, 0) is 26.8 Å². The minimum absolute atomic E-state index is 0.0887. The standard InChI is InChI=1S/C14H21NO/c1-4-5-10-15-12(3)14(16)13-8-6-11(2)7-9-13/h6-9,12,15H,4-5,10H2,1-3H3. The van der Waals surface area contributed by atoms with Gasteiger partial charge in [-0.2, -0.15) is 0 Å². The number of benzene rings is 1. The molecule has 0 spiro atoms. The molecule has 0 aliphatic heterocycles. The van der Waals surface area contributed by atoms with E-state index in [-0.39, 0.29) is 11.8 Å². The highest BCUT2D eigenvalue weighted by atomic mass is 16.1. The van der Waals surface area contributed by atoms with Crippen molar-refractivity contribution in [3.8, 4) is 0 Å². The van der Waals surface area contributed by atoms with Gasteiger partial charge in [0.15, 0.2) is 5.78 Å². The van der Waals surface area contributed by atoms with E-state index in [1.54, 1.807) is 0 Å². The largest absolute Gasteiger partial charge is 0.307 e. The second-order valence-corrected chi connectivity index (χ2v) is 4.26. The van der Waals surface area contributed by atoms with Crippen molar-refractivity contribution in [2.75, 3.05) is 6.54 Å². The van der Waals surface area contributed by atoms with Gasteiger partial charge in [0.05, 0.1) is 6.04 Å². The Morgan fingerprint density at radius 3 is 2.50 bits per heavy atom. The maximum absolute atomic E-state index is 12.0. The van der Waals surface area contributed by atoms with Crippen molar-refractivity contribution in [3.63, 3.8) is 0 Å². The highest BCUT2D eigenvalue weighted by Gasteiger charge is 2.13. The predicted octanol–water partition coefficient (Wildman–Crippen LogP) is 2.96. The number of rotatable bonds is 6. The molecule has 0 aromatic heterocycles. The third kappa shape index (κ3) is 3.78. The number of nitrogens with one attached hydrogen (secondary N) is 1. The van der Waals surface area contributed by atoms with E-state index < -0.39 is 0 Å². The summed E-state index contributed by atoms with van der Waals surface area (Å²) < 4.78 is 0. The molecule has 16 heavy (non-hydrogen) atoms. The summed E-state index contributed by atoms with van der Waals surface area (Å²) in [5.74, 6) is 0.177. The molecule has 1 unspecified atom stereocenters. The van der Waals surface area contributed by atoms with Crippen LogP contribution in [0, 0.1) is 6.92 Å². The summed E-state index contributed by atoms with van der Waals surface area (Å²) in [6.45, 7) is 7.01. The first-order chi connectivity index (χ1) is 7.65. The summed E-state index contributed by atoms with van der Waals surface area (Å²) >= 11 is 0. The number of unbranched alkanes of at least 4 members (excludes halogenated alkanes) is 1. The molecular formula is C14H21NO. The molecule has 1 aromatic rings. The van der Waals surface area contributed by atoms with Crippen LogP contribution < -0.4 is 5.32 Å². The van der Waals surface area contributed by atoms with Gasteiger partial charge in [0.1, 0.15) is 0 Å². The third-order valence-corrected chi connectivity index (χ3v) is 2.71. The zero-order chi connectivity index (χ0) is 12.0. The van der Waals surface area contributed by atoms with Crippen molar-refractivity contribution in [2.24, 2.45) is 0 Å². The Balaban J connectivity index is 2.53. The maximum Gasteiger partial charge on any atom is 0.179 e. The fourth-order valence-electron chi connectivity index (χ4n) is 1.56. The lowest BCUT2D eigenvalue weighted by Gasteiger charge is -2.12. The minimum Gasteiger partial charge on any atom is -0.307 e. The smallest absolute Gasteiger partial charge is 0.179 e. The molecule has 1 N–H and O–H groups in total. The molecule has 0 saturated heterocycles. The molecule has 0 saturated carbocycles. The Kier molecular flexibility index (Phi) is 5.20. The normalized spacial score (nSPS) is 12.4. The molecule has 1 aromatic carbocycles. The zero-order valence-corrected chi connectivity index (χ0v) is 10.4. The van der Waals surface area contributed by atoms with E-state index in [2.05, 4.69) is 12.2 Å². The highest BCUT2D eigenvalue weighted by molar-refractivity contribution is 5.99. The van der Waals surface area contributed by atoms with Gasteiger partial charge in [-0.3, -0.25) is 4.79 Å². The maximum atomic E-state index is 12.0. The Morgan fingerprint density at radius 2 is 1.94 bits per heavy atom. The number of hydrogen-bond donors (Lipinski definition) is 1. The monoisotopic (exact) mass is 219 g/mol. The van der Waals surface area contributed by atoms with Gasteiger partial charge < -0.3 is 5.32 Å². The summed E-state index contributed by atoms with van der Waals surface area (Å²) in [6.07, 6.45) is 2.27. The molecule has 0 amide bonds. The molecule has 0 heterocycles. The van der Waals surface area contributed by atoms with Crippen molar-refractivity contribution in [1.82, 2.24) is 5.32 Å². The van der Waals surface area contributed by atoms with Crippen molar-refractivity contribution in [3.05, 3.63) is 35.4 Å². The molecule has 0 fully saturated rings. The predicted molar refractivity (Wildman–Crippen MR) is 67.9 cm³/mol. The average molecular weight is 219 g/mol. The Hall–Kier alpha value is -1.15. The van der Waals surface area contributed by atoms with Crippen LogP contribution in [0.4, 0.5) is 0 Å². The van der Waals surface area contributed by atoms with E-state index in [1.807, 2.05) is 38.1 Å². The fourth-order valence-corrected chi connectivity index (χ4v) is 1.56. The van der Waals surface area contributed by atoms with Crippen molar-refractivity contribution < 1.29 is 4.79 Å². The van der Waals surface area contributed by atoms with E-state index in [0.717, 1.165) is 24.9 Å². The van der Waals surface area contributed by atoms with E-state index >= 15 is 0 Å². The molecular weight excluding hydrogens is 198 g/mol. The van der Waals surface area contributed by atoms with Crippen LogP contribution in [0.2, 0.25) is 0 Å². The lowest BCUT2D eigenvalue weighted by Crippen LogP contribution is -2.34. The number of carbonyl (C=O) groups is 1. The van der Waals surface area contributed by atoms with Gasteiger partial charge in [0.25, 0.3) is 0 Å². The van der Waals surface area contributed by atoms with Crippen LogP contribution in [0.5, 0.6) is 0 Å². The highest BCUT2D eigenvalue weighted by Crippen LogP contribution is 2.06. The zero-order valence-electron chi connectivity index (χ0n) is 10.4. The van der Waals surface area contributed by atoms with E-state index in [9.17, 15) is 4.79 Å². The Morgan fingerprint density at radius 1 is 1.31 bits per heavy atom. The van der Waals surface area contributed by atoms with Crippen molar-refractivity contribution in [1.29, 1.82) is 0 Å². The summed E-state index contributed by atoms with van der Waals surface area (Å²) in [5.41, 5.74) is 1.98. The SMILES string of the molecule is CCCCNC(C)C(=O)c1ccc(C)cc1. The average Bonchev–Trinajstić information content (AvgIpc) is 2.29. The van der Waals surface area contributed by atoms with Gasteiger partial charge >= 0.3 is 0 Å². The molecule has 0 radical (unpaired) electrons. The van der Waals surface area contributed by atoms with Crippen LogP contribution in [0.25, 0.3) is 0 Å². The molecule has 2 nitrogen and oxygen atoms in total.